The Kier molecular flexibility index (Phi) is 11.2. The van der Waals surface area contributed by atoms with Crippen molar-refractivity contribution in [1.29, 1.82) is 0 Å². The maximum Gasteiger partial charge on any atom is 0.282 e. The van der Waals surface area contributed by atoms with Crippen LogP contribution >= 0.6 is 43.5 Å². The lowest BCUT2D eigenvalue weighted by Crippen LogP contribution is -2.21. The summed E-state index contributed by atoms with van der Waals surface area (Å²) in [6.45, 7) is 8.37. The Balaban J connectivity index is 1.54. The number of fused-ring (bicyclic) bond motifs is 1. The molecular weight excluding hydrogens is 764 g/mol. The van der Waals surface area contributed by atoms with E-state index in [1.54, 1.807) is 48.7 Å². The molecule has 0 fully saturated rings. The van der Waals surface area contributed by atoms with Crippen LogP contribution in [-0.2, 0) is 4.79 Å². The van der Waals surface area contributed by atoms with Crippen LogP contribution in [0.4, 0.5) is 5.69 Å². The summed E-state index contributed by atoms with van der Waals surface area (Å²) in [6.07, 6.45) is 1.54. The number of anilines is 1. The fraction of sp³-hybridized carbons (Fsp3) is 0.222. The van der Waals surface area contributed by atoms with Gasteiger partial charge in [0.1, 0.15) is 5.75 Å². The molecule has 5 aromatic rings. The molecule has 12 heteroatoms. The summed E-state index contributed by atoms with van der Waals surface area (Å²) in [5.74, 6) is 1.65. The molecule has 1 amide bonds. The van der Waals surface area contributed by atoms with Crippen molar-refractivity contribution in [3.8, 4) is 28.6 Å². The summed E-state index contributed by atoms with van der Waals surface area (Å²) < 4.78 is 19.8. The summed E-state index contributed by atoms with van der Waals surface area (Å²) in [5, 5.41) is 8.44. The third-order valence-corrected chi connectivity index (χ3v) is 9.83. The minimum absolute atomic E-state index is 0.167. The molecule has 1 N–H and O–H groups in total. The van der Waals surface area contributed by atoms with Gasteiger partial charge in [-0.1, -0.05) is 37.6 Å². The molecule has 248 valence electrons. The first kappa shape index (κ1) is 35.1. The first-order valence-electron chi connectivity index (χ1n) is 15.1. The molecule has 0 radical (unpaired) electrons. The van der Waals surface area contributed by atoms with Crippen molar-refractivity contribution in [2.24, 2.45) is 5.10 Å². The molecule has 4 aromatic carbocycles. The van der Waals surface area contributed by atoms with E-state index >= 15 is 0 Å². The molecule has 5 rings (SSSR count). The normalized spacial score (nSPS) is 11.4. The maximum atomic E-state index is 13.9. The largest absolute Gasteiger partial charge is 0.494 e. The highest BCUT2D eigenvalue weighted by Crippen LogP contribution is 2.42. The van der Waals surface area contributed by atoms with Gasteiger partial charge in [0.05, 0.1) is 35.3 Å². The molecule has 0 saturated carbocycles. The molecule has 0 spiro atoms. The Labute approximate surface area is 300 Å². The number of benzene rings is 4. The van der Waals surface area contributed by atoms with E-state index in [0.717, 1.165) is 22.4 Å². The van der Waals surface area contributed by atoms with Gasteiger partial charge in [-0.05, 0) is 117 Å². The van der Waals surface area contributed by atoms with Crippen molar-refractivity contribution in [1.82, 2.24) is 9.66 Å². The number of hydrogen-bond acceptors (Lipinski definition) is 7. The zero-order valence-electron chi connectivity index (χ0n) is 26.9. The molecule has 0 saturated heterocycles. The van der Waals surface area contributed by atoms with Gasteiger partial charge < -0.3 is 19.5 Å². The van der Waals surface area contributed by atoms with E-state index < -0.39 is 0 Å². The smallest absolute Gasteiger partial charge is 0.282 e. The van der Waals surface area contributed by atoms with Gasteiger partial charge in [0.25, 0.3) is 11.5 Å². The number of nitrogens with zero attached hydrogens (tertiary/aromatic N) is 3. The van der Waals surface area contributed by atoms with Gasteiger partial charge in [-0.3, -0.25) is 9.59 Å². The van der Waals surface area contributed by atoms with E-state index in [9.17, 15) is 9.59 Å². The Morgan fingerprint density at radius 1 is 1.04 bits per heavy atom. The second-order valence-corrected chi connectivity index (χ2v) is 13.1. The Morgan fingerprint density at radius 3 is 2.46 bits per heavy atom. The summed E-state index contributed by atoms with van der Waals surface area (Å²) in [7, 11) is 1.49. The fourth-order valence-electron chi connectivity index (χ4n) is 5.05. The van der Waals surface area contributed by atoms with Crippen molar-refractivity contribution < 1.29 is 19.0 Å². The molecule has 9 nitrogen and oxygen atoms in total. The van der Waals surface area contributed by atoms with Crippen LogP contribution in [0, 0.1) is 6.92 Å². The van der Waals surface area contributed by atoms with Crippen LogP contribution in [0.25, 0.3) is 22.3 Å². The monoisotopic (exact) mass is 794 g/mol. The number of carbonyl (C=O) groups excluding carboxylic acids is 1. The minimum Gasteiger partial charge on any atom is -0.494 e. The number of aromatic nitrogens is 2. The topological polar surface area (TPSA) is 104 Å². The van der Waals surface area contributed by atoms with Crippen molar-refractivity contribution in [3.63, 3.8) is 0 Å². The number of carbonyl (C=O) groups is 1. The SMILES string of the molecule is CCOc1cc(C)c(-c2nc3ccccc3c(=O)n2N=Cc2cc(OC)c(OCC(=O)Nc3ccc(Cl)cc3)c(Br)c2Br)cc1C(C)C. The summed E-state index contributed by atoms with van der Waals surface area (Å²) in [5.41, 5.74) is 4.07. The van der Waals surface area contributed by atoms with E-state index in [0.29, 0.717) is 60.1 Å². The van der Waals surface area contributed by atoms with Crippen molar-refractivity contribution in [2.75, 3.05) is 25.6 Å². The van der Waals surface area contributed by atoms with E-state index in [-0.39, 0.29) is 24.0 Å². The first-order chi connectivity index (χ1) is 23.0. The van der Waals surface area contributed by atoms with E-state index in [2.05, 4.69) is 56.1 Å². The van der Waals surface area contributed by atoms with Gasteiger partial charge in [-0.2, -0.15) is 9.78 Å². The number of nitrogens with one attached hydrogen (secondary N) is 1. The quantitative estimate of drug-likeness (QED) is 0.134. The number of aryl methyl sites for hydroxylation is 1. The van der Waals surface area contributed by atoms with Crippen molar-refractivity contribution in [2.45, 2.75) is 33.6 Å². The van der Waals surface area contributed by atoms with Crippen LogP contribution in [-0.4, -0.2) is 42.1 Å². The minimum atomic E-state index is -0.367. The molecule has 0 bridgehead atoms. The summed E-state index contributed by atoms with van der Waals surface area (Å²) in [6, 6.07) is 19.7. The number of methoxy groups -OCH3 is 1. The third kappa shape index (κ3) is 7.59. The van der Waals surface area contributed by atoms with Crippen molar-refractivity contribution in [3.05, 3.63) is 108 Å². The van der Waals surface area contributed by atoms with Gasteiger partial charge in [0.2, 0.25) is 0 Å². The maximum absolute atomic E-state index is 13.9. The van der Waals surface area contributed by atoms with Crippen LogP contribution in [0.15, 0.2) is 85.6 Å². The predicted octanol–water partition coefficient (Wildman–Crippen LogP) is 8.98. The average Bonchev–Trinajstić information content (AvgIpc) is 3.06. The van der Waals surface area contributed by atoms with Crippen LogP contribution in [0.5, 0.6) is 17.2 Å². The Bertz CT molecular complexity index is 2080. The second kappa shape index (κ2) is 15.4. The van der Waals surface area contributed by atoms with Crippen LogP contribution < -0.4 is 25.1 Å². The van der Waals surface area contributed by atoms with Gasteiger partial charge in [-0.15, -0.1) is 0 Å². The number of halogens is 3. The lowest BCUT2D eigenvalue weighted by atomic mass is 9.96. The van der Waals surface area contributed by atoms with Gasteiger partial charge in [0, 0.05) is 26.3 Å². The molecule has 0 unspecified atom stereocenters. The van der Waals surface area contributed by atoms with Gasteiger partial charge >= 0.3 is 0 Å². The summed E-state index contributed by atoms with van der Waals surface area (Å²) in [4.78, 5) is 31.5. The number of hydrogen-bond donors (Lipinski definition) is 1. The average molecular weight is 797 g/mol. The fourth-order valence-corrected chi connectivity index (χ4v) is 6.11. The number of rotatable bonds is 11. The molecule has 0 atom stereocenters. The van der Waals surface area contributed by atoms with Crippen molar-refractivity contribution >= 4 is 72.2 Å². The highest BCUT2D eigenvalue weighted by Gasteiger charge is 2.21. The molecule has 1 aromatic heterocycles. The van der Waals surface area contributed by atoms with E-state index in [1.165, 1.54) is 11.8 Å². The lowest BCUT2D eigenvalue weighted by Gasteiger charge is -2.18. The Hall–Kier alpha value is -4.19. The Morgan fingerprint density at radius 2 is 1.77 bits per heavy atom. The second-order valence-electron chi connectivity index (χ2n) is 11.1. The van der Waals surface area contributed by atoms with Gasteiger partial charge in [-0.25, -0.2) is 4.98 Å². The summed E-state index contributed by atoms with van der Waals surface area (Å²) >= 11 is 13.1. The highest BCUT2D eigenvalue weighted by atomic mass is 79.9. The van der Waals surface area contributed by atoms with E-state index in [1.807, 2.05) is 38.1 Å². The molecule has 48 heavy (non-hydrogen) atoms. The predicted molar refractivity (Wildman–Crippen MR) is 198 cm³/mol. The van der Waals surface area contributed by atoms with Crippen LogP contribution in [0.3, 0.4) is 0 Å². The standard InChI is InChI=1S/C36H33Br2ClN4O5/c1-6-47-29-15-21(4)27(17-26(29)20(2)3)35-42-28-10-8-7-9-25(28)36(45)43(35)40-18-22-16-30(46-5)34(33(38)32(22)37)48-19-31(44)41-24-13-11-23(39)12-14-24/h7-18,20H,6,19H2,1-5H3,(H,41,44). The molecule has 0 aliphatic carbocycles. The number of amides is 1. The van der Waals surface area contributed by atoms with Gasteiger partial charge in [0.15, 0.2) is 23.9 Å². The number of ether oxygens (including phenoxy) is 3. The first-order valence-corrected chi connectivity index (χ1v) is 17.1. The zero-order chi connectivity index (χ0) is 34.5. The zero-order valence-corrected chi connectivity index (χ0v) is 30.9. The molecule has 0 aliphatic rings. The molecule has 0 aliphatic heterocycles. The number of para-hydroxylation sites is 1. The molecule has 1 heterocycles. The van der Waals surface area contributed by atoms with E-state index in [4.69, 9.17) is 30.8 Å². The van der Waals surface area contributed by atoms with Crippen LogP contribution in [0.1, 0.15) is 43.4 Å². The lowest BCUT2D eigenvalue weighted by molar-refractivity contribution is -0.118. The van der Waals surface area contributed by atoms with Crippen LogP contribution in [0.2, 0.25) is 5.02 Å². The molecular formula is C36H33Br2ClN4O5. The third-order valence-electron chi connectivity index (χ3n) is 7.44. The highest BCUT2D eigenvalue weighted by molar-refractivity contribution is 9.13.